The largest absolute Gasteiger partial charge is 0.373 e. The number of aromatic nitrogens is 4. The second-order valence-electron chi connectivity index (χ2n) is 4.36. The molecule has 0 atom stereocenters. The summed E-state index contributed by atoms with van der Waals surface area (Å²) in [5, 5.41) is 10.7. The van der Waals surface area contributed by atoms with Crippen molar-refractivity contribution in [1.29, 1.82) is 0 Å². The molecular formula is C13H20N6. The molecule has 0 amide bonds. The zero-order valence-electron chi connectivity index (χ0n) is 11.6. The molecule has 0 aliphatic heterocycles. The first-order valence-electron chi connectivity index (χ1n) is 6.49. The highest BCUT2D eigenvalue weighted by Gasteiger charge is 2.07. The number of rotatable bonds is 6. The Balaban J connectivity index is 1.99. The van der Waals surface area contributed by atoms with E-state index in [1.165, 1.54) is 5.56 Å². The molecule has 0 spiro atoms. The van der Waals surface area contributed by atoms with Gasteiger partial charge in [0, 0.05) is 25.4 Å². The van der Waals surface area contributed by atoms with Crippen molar-refractivity contribution >= 4 is 11.6 Å². The lowest BCUT2D eigenvalue weighted by Gasteiger charge is -2.12. The molecule has 0 radical (unpaired) electrons. The monoisotopic (exact) mass is 260 g/mol. The summed E-state index contributed by atoms with van der Waals surface area (Å²) in [5.74, 6) is 1.78. The van der Waals surface area contributed by atoms with Gasteiger partial charge in [-0.05, 0) is 18.9 Å². The summed E-state index contributed by atoms with van der Waals surface area (Å²) in [6, 6.07) is 0. The molecule has 19 heavy (non-hydrogen) atoms. The number of hydrogen-bond donors (Lipinski definition) is 2. The summed E-state index contributed by atoms with van der Waals surface area (Å²) in [6.45, 7) is 5.74. The fourth-order valence-electron chi connectivity index (χ4n) is 1.99. The third-order valence-electron chi connectivity index (χ3n) is 2.93. The van der Waals surface area contributed by atoms with E-state index in [1.54, 1.807) is 6.33 Å². The van der Waals surface area contributed by atoms with E-state index < -0.39 is 0 Å². The first-order valence-corrected chi connectivity index (χ1v) is 6.49. The van der Waals surface area contributed by atoms with Crippen LogP contribution in [0.1, 0.15) is 18.1 Å². The van der Waals surface area contributed by atoms with Crippen molar-refractivity contribution in [2.24, 2.45) is 0 Å². The summed E-state index contributed by atoms with van der Waals surface area (Å²) in [4.78, 5) is 8.52. The highest BCUT2D eigenvalue weighted by molar-refractivity contribution is 5.56. The van der Waals surface area contributed by atoms with E-state index in [0.717, 1.165) is 36.7 Å². The van der Waals surface area contributed by atoms with Crippen LogP contribution in [0, 0.1) is 6.92 Å². The SMILES string of the molecule is CCc1c(NC)ncnc1NCCn1cc(C)cn1. The van der Waals surface area contributed by atoms with Gasteiger partial charge >= 0.3 is 0 Å². The Bertz CT molecular complexity index is 534. The Hall–Kier alpha value is -2.11. The summed E-state index contributed by atoms with van der Waals surface area (Å²) in [6.07, 6.45) is 6.36. The molecule has 0 unspecified atom stereocenters. The lowest BCUT2D eigenvalue weighted by Crippen LogP contribution is -2.14. The maximum Gasteiger partial charge on any atom is 0.134 e. The van der Waals surface area contributed by atoms with Crippen LogP contribution in [0.4, 0.5) is 11.6 Å². The zero-order valence-corrected chi connectivity index (χ0v) is 11.6. The molecule has 2 N–H and O–H groups in total. The summed E-state index contributed by atoms with van der Waals surface area (Å²) in [5.41, 5.74) is 2.29. The van der Waals surface area contributed by atoms with Gasteiger partial charge in [-0.2, -0.15) is 5.10 Å². The molecule has 0 aliphatic rings. The maximum atomic E-state index is 4.30. The minimum Gasteiger partial charge on any atom is -0.373 e. The van der Waals surface area contributed by atoms with Gasteiger partial charge in [-0.15, -0.1) is 0 Å². The minimum absolute atomic E-state index is 0.786. The van der Waals surface area contributed by atoms with Crippen LogP contribution >= 0.6 is 0 Å². The summed E-state index contributed by atoms with van der Waals surface area (Å²) >= 11 is 0. The smallest absolute Gasteiger partial charge is 0.134 e. The normalized spacial score (nSPS) is 10.5. The van der Waals surface area contributed by atoms with Crippen LogP contribution in [0.15, 0.2) is 18.7 Å². The van der Waals surface area contributed by atoms with Crippen molar-refractivity contribution in [3.05, 3.63) is 29.8 Å². The number of hydrogen-bond acceptors (Lipinski definition) is 5. The predicted octanol–water partition coefficient (Wildman–Crippen LogP) is 1.70. The first kappa shape index (κ1) is 13.3. The van der Waals surface area contributed by atoms with Crippen LogP contribution in [-0.2, 0) is 13.0 Å². The first-order chi connectivity index (χ1) is 9.24. The van der Waals surface area contributed by atoms with Gasteiger partial charge in [0.25, 0.3) is 0 Å². The Morgan fingerprint density at radius 3 is 2.68 bits per heavy atom. The molecule has 6 heteroatoms. The van der Waals surface area contributed by atoms with Crippen molar-refractivity contribution in [1.82, 2.24) is 19.7 Å². The molecule has 0 bridgehead atoms. The number of aryl methyl sites for hydroxylation is 1. The molecule has 0 aromatic carbocycles. The highest BCUT2D eigenvalue weighted by Crippen LogP contribution is 2.19. The van der Waals surface area contributed by atoms with Gasteiger partial charge in [-0.1, -0.05) is 6.92 Å². The Labute approximate surface area is 113 Å². The second kappa shape index (κ2) is 6.17. The fourth-order valence-corrected chi connectivity index (χ4v) is 1.99. The van der Waals surface area contributed by atoms with Crippen molar-refractivity contribution < 1.29 is 0 Å². The van der Waals surface area contributed by atoms with E-state index in [2.05, 4.69) is 32.6 Å². The van der Waals surface area contributed by atoms with Crippen LogP contribution in [0.5, 0.6) is 0 Å². The number of nitrogens with one attached hydrogen (secondary N) is 2. The minimum atomic E-state index is 0.786. The van der Waals surface area contributed by atoms with Crippen molar-refractivity contribution in [3.63, 3.8) is 0 Å². The molecule has 2 heterocycles. The lowest BCUT2D eigenvalue weighted by atomic mass is 10.2. The lowest BCUT2D eigenvalue weighted by molar-refractivity contribution is 0.636. The van der Waals surface area contributed by atoms with E-state index in [-0.39, 0.29) is 0 Å². The van der Waals surface area contributed by atoms with E-state index in [0.29, 0.717) is 0 Å². The molecular weight excluding hydrogens is 240 g/mol. The maximum absolute atomic E-state index is 4.30. The van der Waals surface area contributed by atoms with Crippen LogP contribution < -0.4 is 10.6 Å². The van der Waals surface area contributed by atoms with Gasteiger partial charge in [0.1, 0.15) is 18.0 Å². The highest BCUT2D eigenvalue weighted by atomic mass is 15.3. The molecule has 2 rings (SSSR count). The Morgan fingerprint density at radius 1 is 1.26 bits per heavy atom. The van der Waals surface area contributed by atoms with Crippen molar-refractivity contribution in [2.45, 2.75) is 26.8 Å². The summed E-state index contributed by atoms with van der Waals surface area (Å²) in [7, 11) is 1.87. The molecule has 2 aromatic rings. The van der Waals surface area contributed by atoms with E-state index in [1.807, 2.05) is 31.0 Å². The number of nitrogens with zero attached hydrogens (tertiary/aromatic N) is 4. The van der Waals surface area contributed by atoms with Gasteiger partial charge in [-0.25, -0.2) is 9.97 Å². The molecule has 2 aromatic heterocycles. The van der Waals surface area contributed by atoms with Gasteiger partial charge in [0.15, 0.2) is 0 Å². The van der Waals surface area contributed by atoms with Crippen LogP contribution in [-0.4, -0.2) is 33.3 Å². The zero-order chi connectivity index (χ0) is 13.7. The van der Waals surface area contributed by atoms with Gasteiger partial charge in [-0.3, -0.25) is 4.68 Å². The van der Waals surface area contributed by atoms with Crippen molar-refractivity contribution in [2.75, 3.05) is 24.2 Å². The molecule has 0 aliphatic carbocycles. The molecule has 0 saturated carbocycles. The fraction of sp³-hybridized carbons (Fsp3) is 0.462. The molecule has 0 fully saturated rings. The van der Waals surface area contributed by atoms with Crippen molar-refractivity contribution in [3.8, 4) is 0 Å². The van der Waals surface area contributed by atoms with E-state index >= 15 is 0 Å². The molecule has 6 nitrogen and oxygen atoms in total. The Morgan fingerprint density at radius 2 is 2.05 bits per heavy atom. The van der Waals surface area contributed by atoms with Crippen LogP contribution in [0.2, 0.25) is 0 Å². The van der Waals surface area contributed by atoms with Gasteiger partial charge < -0.3 is 10.6 Å². The van der Waals surface area contributed by atoms with Gasteiger partial charge in [0.2, 0.25) is 0 Å². The second-order valence-corrected chi connectivity index (χ2v) is 4.36. The van der Waals surface area contributed by atoms with Gasteiger partial charge in [0.05, 0.1) is 12.7 Å². The Kier molecular flexibility index (Phi) is 4.33. The quantitative estimate of drug-likeness (QED) is 0.827. The molecule has 102 valence electrons. The topological polar surface area (TPSA) is 67.7 Å². The standard InChI is InChI=1S/C13H20N6/c1-4-11-12(14-3)16-9-17-13(11)15-5-6-19-8-10(2)7-18-19/h7-9H,4-6H2,1-3H3,(H2,14,15,16,17). The average Bonchev–Trinajstić information content (AvgIpc) is 2.84. The third-order valence-corrected chi connectivity index (χ3v) is 2.93. The van der Waals surface area contributed by atoms with Crippen LogP contribution in [0.25, 0.3) is 0 Å². The van der Waals surface area contributed by atoms with E-state index in [4.69, 9.17) is 0 Å². The van der Waals surface area contributed by atoms with Crippen LogP contribution in [0.3, 0.4) is 0 Å². The van der Waals surface area contributed by atoms with E-state index in [9.17, 15) is 0 Å². The number of anilines is 2. The predicted molar refractivity (Wildman–Crippen MR) is 76.4 cm³/mol. The molecule has 0 saturated heterocycles. The summed E-state index contributed by atoms with van der Waals surface area (Å²) < 4.78 is 1.92. The third kappa shape index (κ3) is 3.21. The average molecular weight is 260 g/mol.